The Balaban J connectivity index is 2.61. The molecule has 9 nitrogen and oxygen atoms in total. The number of nitrogens with one attached hydrogen (secondary N) is 2. The normalized spacial score (nSPS) is 13.6. The second kappa shape index (κ2) is 20.1. The SMILES string of the molecule is CCCCCCCCN(C(=O)C(CC(C)C)NC(=O)OC(C)(C)C)C(C(=O)NC(Cc1ccccc1)C(=O)OC(C)(C)C)c1ccc(C)cc1. The Morgan fingerprint density at radius 1 is 0.740 bits per heavy atom. The number of hydrogen-bond donors (Lipinski definition) is 2. The van der Waals surface area contributed by atoms with Crippen molar-refractivity contribution < 1.29 is 28.7 Å². The van der Waals surface area contributed by atoms with Crippen LogP contribution in [-0.4, -0.2) is 58.6 Å². The first-order valence-corrected chi connectivity index (χ1v) is 18.3. The summed E-state index contributed by atoms with van der Waals surface area (Å²) in [6.07, 6.45) is 5.79. The van der Waals surface area contributed by atoms with Crippen LogP contribution in [0.4, 0.5) is 4.79 Å². The second-order valence-electron chi connectivity index (χ2n) is 15.7. The van der Waals surface area contributed by atoms with Crippen LogP contribution < -0.4 is 10.6 Å². The summed E-state index contributed by atoms with van der Waals surface area (Å²) in [5, 5.41) is 5.80. The van der Waals surface area contributed by atoms with E-state index in [1.54, 1.807) is 46.4 Å². The zero-order chi connectivity index (χ0) is 37.5. The molecule has 0 aliphatic carbocycles. The summed E-state index contributed by atoms with van der Waals surface area (Å²) in [4.78, 5) is 57.6. The van der Waals surface area contributed by atoms with Gasteiger partial charge in [-0.15, -0.1) is 0 Å². The van der Waals surface area contributed by atoms with Gasteiger partial charge in [0, 0.05) is 13.0 Å². The zero-order valence-corrected chi connectivity index (χ0v) is 32.3. The van der Waals surface area contributed by atoms with Gasteiger partial charge in [0.15, 0.2) is 0 Å². The highest BCUT2D eigenvalue weighted by molar-refractivity contribution is 5.94. The summed E-state index contributed by atoms with van der Waals surface area (Å²) < 4.78 is 11.3. The van der Waals surface area contributed by atoms with E-state index in [4.69, 9.17) is 9.47 Å². The number of esters is 1. The fourth-order valence-corrected chi connectivity index (χ4v) is 5.66. The van der Waals surface area contributed by atoms with E-state index in [-0.39, 0.29) is 24.8 Å². The van der Waals surface area contributed by atoms with Crippen LogP contribution in [0, 0.1) is 12.8 Å². The van der Waals surface area contributed by atoms with Gasteiger partial charge in [-0.3, -0.25) is 9.59 Å². The zero-order valence-electron chi connectivity index (χ0n) is 32.3. The Morgan fingerprint density at radius 3 is 1.88 bits per heavy atom. The molecule has 0 heterocycles. The summed E-state index contributed by atoms with van der Waals surface area (Å²) in [6, 6.07) is 13.9. The predicted molar refractivity (Wildman–Crippen MR) is 200 cm³/mol. The van der Waals surface area contributed by atoms with E-state index in [1.807, 2.05) is 75.4 Å². The van der Waals surface area contributed by atoms with Gasteiger partial charge in [0.25, 0.3) is 0 Å². The van der Waals surface area contributed by atoms with Crippen LogP contribution in [0.5, 0.6) is 0 Å². The molecule has 0 saturated heterocycles. The molecule has 0 aromatic heterocycles. The third kappa shape index (κ3) is 15.8. The van der Waals surface area contributed by atoms with E-state index in [0.29, 0.717) is 18.4 Å². The molecule has 2 aromatic rings. The number of alkyl carbamates (subject to hydrolysis) is 1. The van der Waals surface area contributed by atoms with Gasteiger partial charge in [-0.1, -0.05) is 113 Å². The van der Waals surface area contributed by atoms with Gasteiger partial charge in [-0.2, -0.15) is 0 Å². The number of hydrogen-bond acceptors (Lipinski definition) is 6. The minimum absolute atomic E-state index is 0.0591. The van der Waals surface area contributed by atoms with Gasteiger partial charge in [-0.05, 0) is 78.4 Å². The summed E-state index contributed by atoms with van der Waals surface area (Å²) >= 11 is 0. The lowest BCUT2D eigenvalue weighted by molar-refractivity contribution is -0.159. The first-order chi connectivity index (χ1) is 23.4. The molecule has 3 amide bonds. The molecule has 3 unspecified atom stereocenters. The van der Waals surface area contributed by atoms with E-state index in [2.05, 4.69) is 17.6 Å². The van der Waals surface area contributed by atoms with E-state index in [9.17, 15) is 19.2 Å². The Bertz CT molecular complexity index is 1350. The van der Waals surface area contributed by atoms with Crippen LogP contribution in [0.1, 0.15) is 130 Å². The molecule has 2 N–H and O–H groups in total. The first kappa shape index (κ1) is 42.3. The fourth-order valence-electron chi connectivity index (χ4n) is 5.66. The lowest BCUT2D eigenvalue weighted by atomic mass is 9.97. The number of nitrogens with zero attached hydrogens (tertiary/aromatic N) is 1. The molecule has 0 fully saturated rings. The van der Waals surface area contributed by atoms with Crippen molar-refractivity contribution in [3.05, 3.63) is 71.3 Å². The first-order valence-electron chi connectivity index (χ1n) is 18.3. The van der Waals surface area contributed by atoms with Crippen LogP contribution in [0.15, 0.2) is 54.6 Å². The highest BCUT2D eigenvalue weighted by atomic mass is 16.6. The highest BCUT2D eigenvalue weighted by Crippen LogP contribution is 2.26. The maximum Gasteiger partial charge on any atom is 0.408 e. The lowest BCUT2D eigenvalue weighted by Gasteiger charge is -2.36. The molecule has 9 heteroatoms. The molecule has 0 spiro atoms. The predicted octanol–water partition coefficient (Wildman–Crippen LogP) is 8.23. The van der Waals surface area contributed by atoms with E-state index < -0.39 is 47.3 Å². The number of rotatable bonds is 18. The minimum Gasteiger partial charge on any atom is -0.458 e. The van der Waals surface area contributed by atoms with E-state index in [1.165, 1.54) is 0 Å². The smallest absolute Gasteiger partial charge is 0.408 e. The third-order valence-electron chi connectivity index (χ3n) is 7.98. The molecule has 0 saturated carbocycles. The van der Waals surface area contributed by atoms with Crippen molar-refractivity contribution in [3.63, 3.8) is 0 Å². The Morgan fingerprint density at radius 2 is 1.32 bits per heavy atom. The van der Waals surface area contributed by atoms with Gasteiger partial charge in [0.2, 0.25) is 11.8 Å². The van der Waals surface area contributed by atoms with Crippen molar-refractivity contribution in [3.8, 4) is 0 Å². The quantitative estimate of drug-likeness (QED) is 0.120. The van der Waals surface area contributed by atoms with Crippen molar-refractivity contribution >= 4 is 23.9 Å². The third-order valence-corrected chi connectivity index (χ3v) is 7.98. The lowest BCUT2D eigenvalue weighted by Crippen LogP contribution is -2.55. The number of benzene rings is 2. The van der Waals surface area contributed by atoms with Crippen LogP contribution in [0.2, 0.25) is 0 Å². The van der Waals surface area contributed by atoms with Crippen LogP contribution in [0.25, 0.3) is 0 Å². The molecular weight excluding hydrogens is 630 g/mol. The van der Waals surface area contributed by atoms with Crippen molar-refractivity contribution in [2.75, 3.05) is 6.54 Å². The molecule has 2 aromatic carbocycles. The molecular formula is C41H63N3O6. The van der Waals surface area contributed by atoms with Crippen molar-refractivity contribution in [1.82, 2.24) is 15.5 Å². The van der Waals surface area contributed by atoms with Crippen molar-refractivity contribution in [2.45, 2.75) is 150 Å². The van der Waals surface area contributed by atoms with Gasteiger partial charge >= 0.3 is 12.1 Å². The number of amides is 3. The summed E-state index contributed by atoms with van der Waals surface area (Å²) in [5.41, 5.74) is 0.934. The molecule has 278 valence electrons. The molecule has 50 heavy (non-hydrogen) atoms. The van der Waals surface area contributed by atoms with Gasteiger partial charge in [-0.25, -0.2) is 9.59 Å². The molecule has 2 rings (SSSR count). The van der Waals surface area contributed by atoms with Gasteiger partial charge in [0.05, 0.1) is 0 Å². The number of ether oxygens (including phenoxy) is 2. The fraction of sp³-hybridized carbons (Fsp3) is 0.610. The summed E-state index contributed by atoms with van der Waals surface area (Å²) in [7, 11) is 0. The van der Waals surface area contributed by atoms with Crippen LogP contribution in [0.3, 0.4) is 0 Å². The van der Waals surface area contributed by atoms with Crippen LogP contribution >= 0.6 is 0 Å². The summed E-state index contributed by atoms with van der Waals surface area (Å²) in [5.74, 6) is -1.38. The van der Waals surface area contributed by atoms with Gasteiger partial charge in [0.1, 0.15) is 29.3 Å². The maximum atomic E-state index is 14.7. The number of carbonyl (C=O) groups excluding carboxylic acids is 4. The average Bonchev–Trinajstić information content (AvgIpc) is 3.00. The monoisotopic (exact) mass is 693 g/mol. The summed E-state index contributed by atoms with van der Waals surface area (Å²) in [6.45, 7) is 19.0. The minimum atomic E-state index is -1.07. The molecule has 3 atom stereocenters. The topological polar surface area (TPSA) is 114 Å². The second-order valence-corrected chi connectivity index (χ2v) is 15.7. The van der Waals surface area contributed by atoms with Gasteiger partial charge < -0.3 is 25.0 Å². The number of aryl methyl sites for hydroxylation is 1. The van der Waals surface area contributed by atoms with Crippen molar-refractivity contribution in [2.24, 2.45) is 5.92 Å². The number of carbonyl (C=O) groups is 4. The highest BCUT2D eigenvalue weighted by Gasteiger charge is 2.38. The molecule has 0 aliphatic heterocycles. The van der Waals surface area contributed by atoms with E-state index in [0.717, 1.165) is 43.2 Å². The largest absolute Gasteiger partial charge is 0.458 e. The Labute approximate surface area is 301 Å². The molecule has 0 aliphatic rings. The number of unbranched alkanes of at least 4 members (excludes halogenated alkanes) is 5. The standard InChI is InChI=1S/C41H63N3O6/c1-11-12-13-14-15-19-26-44(37(46)33(27-29(2)3)43-39(48)50-41(8,9)10)35(32-24-22-30(4)23-25-32)36(45)42-34(38(47)49-40(5,6)7)28-31-20-17-16-18-21-31/h16-18,20-25,29,33-35H,11-15,19,26-28H2,1-10H3,(H,42,45)(H,43,48). The van der Waals surface area contributed by atoms with E-state index >= 15 is 0 Å². The van der Waals surface area contributed by atoms with Crippen LogP contribution in [-0.2, 0) is 30.3 Å². The Kier molecular flexibility index (Phi) is 17.0. The van der Waals surface area contributed by atoms with Crippen molar-refractivity contribution in [1.29, 1.82) is 0 Å². The molecule has 0 radical (unpaired) electrons. The average molecular weight is 694 g/mol. The Hall–Kier alpha value is -3.88. The molecule has 0 bridgehead atoms. The maximum absolute atomic E-state index is 14.7.